The average Bonchev–Trinajstić information content (AvgIpc) is 2.60. The number of nitrogens with one attached hydrogen (secondary N) is 1. The van der Waals surface area contributed by atoms with Crippen LogP contribution in [0.25, 0.3) is 5.69 Å². The second-order valence-corrected chi connectivity index (χ2v) is 5.86. The van der Waals surface area contributed by atoms with Gasteiger partial charge in [-0.05, 0) is 36.4 Å². The lowest BCUT2D eigenvalue weighted by atomic mass is 10.3. The Kier molecular flexibility index (Phi) is 4.67. The Morgan fingerprint density at radius 3 is 2.35 bits per heavy atom. The van der Waals surface area contributed by atoms with Gasteiger partial charge in [0.1, 0.15) is 11.8 Å². The van der Waals surface area contributed by atoms with Crippen molar-refractivity contribution in [3.05, 3.63) is 73.0 Å². The van der Waals surface area contributed by atoms with Gasteiger partial charge < -0.3 is 10.5 Å². The maximum Gasteiger partial charge on any atom is 0.349 e. The molecule has 3 N–H and O–H groups in total. The fourth-order valence-corrected chi connectivity index (χ4v) is 2.62. The third-order valence-electron chi connectivity index (χ3n) is 3.26. The van der Waals surface area contributed by atoms with Crippen molar-refractivity contribution in [3.8, 4) is 23.3 Å². The first-order valence-electron chi connectivity index (χ1n) is 7.05. The molecule has 3 aromatic rings. The number of nitrogen functional groups attached to an aromatic ring is 1. The number of benzene rings is 2. The molecule has 0 fully saturated rings. The maximum absolute atomic E-state index is 11.9. The predicted octanol–water partition coefficient (Wildman–Crippen LogP) is 2.47. The molecule has 0 aliphatic carbocycles. The van der Waals surface area contributed by atoms with Crippen molar-refractivity contribution in [2.24, 2.45) is 0 Å². The van der Waals surface area contributed by atoms with Crippen molar-refractivity contribution in [2.75, 3.05) is 5.73 Å². The fraction of sp³-hybridized carbons (Fsp3) is 0. The summed E-state index contributed by atoms with van der Waals surface area (Å²) in [7, 11) is 0. The normalized spacial score (nSPS) is 10.3. The van der Waals surface area contributed by atoms with Gasteiger partial charge in [0.05, 0.1) is 15.7 Å². The number of hydrogen-bond acceptors (Lipinski definition) is 6. The summed E-state index contributed by atoms with van der Waals surface area (Å²) < 4.78 is 6.45. The minimum atomic E-state index is -0.880. The van der Waals surface area contributed by atoms with Crippen LogP contribution in [0.2, 0.25) is 10.0 Å². The molecule has 1 heterocycles. The molecule has 0 aliphatic heterocycles. The summed E-state index contributed by atoms with van der Waals surface area (Å²) >= 11 is 12.4. The number of nitrogens with zero attached hydrogens (tertiary/aromatic N) is 3. The Hall–Kier alpha value is -3.28. The molecular weight excluding hydrogens is 381 g/mol. The van der Waals surface area contributed by atoms with E-state index in [1.807, 2.05) is 4.98 Å². The first-order chi connectivity index (χ1) is 12.4. The zero-order chi connectivity index (χ0) is 18.8. The third kappa shape index (κ3) is 3.39. The molecule has 26 heavy (non-hydrogen) atoms. The first kappa shape index (κ1) is 17.5. The number of H-pyrrole nitrogens is 1. The number of nitriles is 1. The molecule has 0 aliphatic rings. The van der Waals surface area contributed by atoms with Gasteiger partial charge in [-0.25, -0.2) is 4.79 Å². The Morgan fingerprint density at radius 1 is 1.15 bits per heavy atom. The van der Waals surface area contributed by atoms with Crippen LogP contribution >= 0.6 is 23.2 Å². The highest BCUT2D eigenvalue weighted by molar-refractivity contribution is 6.37. The molecule has 0 saturated carbocycles. The van der Waals surface area contributed by atoms with Crippen LogP contribution in [0.1, 0.15) is 5.69 Å². The molecular formula is C16H9Cl2N5O3. The fourth-order valence-electron chi connectivity index (χ4n) is 2.07. The van der Waals surface area contributed by atoms with E-state index in [0.29, 0.717) is 11.4 Å². The van der Waals surface area contributed by atoms with Gasteiger partial charge in [0.15, 0.2) is 5.75 Å². The molecule has 2 aromatic carbocycles. The highest BCUT2D eigenvalue weighted by atomic mass is 35.5. The lowest BCUT2D eigenvalue weighted by Crippen LogP contribution is -2.33. The SMILES string of the molecule is N#Cc1nn(-c2cc(Cl)c(Oc3ccc(N)cc3)c(Cl)c2)c(=O)[nH]c1=O. The number of aromatic amines is 1. The molecule has 8 nitrogen and oxygen atoms in total. The Balaban J connectivity index is 2.05. The van der Waals surface area contributed by atoms with Crippen LogP contribution in [0.4, 0.5) is 5.69 Å². The highest BCUT2D eigenvalue weighted by Crippen LogP contribution is 2.38. The van der Waals surface area contributed by atoms with Crippen LogP contribution in [-0.4, -0.2) is 14.8 Å². The second-order valence-electron chi connectivity index (χ2n) is 5.04. The van der Waals surface area contributed by atoms with Gasteiger partial charge in [0.25, 0.3) is 5.56 Å². The van der Waals surface area contributed by atoms with Crippen LogP contribution < -0.4 is 21.7 Å². The zero-order valence-corrected chi connectivity index (χ0v) is 14.4. The van der Waals surface area contributed by atoms with Crippen molar-refractivity contribution in [1.82, 2.24) is 14.8 Å². The second kappa shape index (κ2) is 6.92. The van der Waals surface area contributed by atoms with E-state index in [9.17, 15) is 9.59 Å². The summed E-state index contributed by atoms with van der Waals surface area (Å²) in [6.07, 6.45) is 0. The molecule has 0 amide bonds. The maximum atomic E-state index is 11.9. The van der Waals surface area contributed by atoms with Crippen molar-refractivity contribution < 1.29 is 4.74 Å². The Bertz CT molecular complexity index is 1120. The summed E-state index contributed by atoms with van der Waals surface area (Å²) in [4.78, 5) is 25.4. The number of halogens is 2. The number of rotatable bonds is 3. The smallest absolute Gasteiger partial charge is 0.349 e. The van der Waals surface area contributed by atoms with Crippen molar-refractivity contribution in [2.45, 2.75) is 0 Å². The van der Waals surface area contributed by atoms with Crippen molar-refractivity contribution in [1.29, 1.82) is 5.26 Å². The minimum Gasteiger partial charge on any atom is -0.454 e. The van der Waals surface area contributed by atoms with Gasteiger partial charge >= 0.3 is 5.69 Å². The largest absolute Gasteiger partial charge is 0.454 e. The number of nitrogens with two attached hydrogens (primary N) is 1. The van der Waals surface area contributed by atoms with Crippen LogP contribution in [0.15, 0.2) is 46.0 Å². The predicted molar refractivity (Wildman–Crippen MR) is 96.1 cm³/mol. The third-order valence-corrected chi connectivity index (χ3v) is 3.82. The monoisotopic (exact) mass is 389 g/mol. The number of aromatic nitrogens is 3. The van der Waals surface area contributed by atoms with Gasteiger partial charge in [-0.1, -0.05) is 23.2 Å². The van der Waals surface area contributed by atoms with E-state index in [1.54, 1.807) is 30.3 Å². The van der Waals surface area contributed by atoms with E-state index in [2.05, 4.69) is 5.10 Å². The molecule has 3 rings (SSSR count). The highest BCUT2D eigenvalue weighted by Gasteiger charge is 2.15. The summed E-state index contributed by atoms with van der Waals surface area (Å²) in [6, 6.07) is 10.9. The molecule has 0 bridgehead atoms. The quantitative estimate of drug-likeness (QED) is 0.662. The van der Waals surface area contributed by atoms with Crippen molar-refractivity contribution >= 4 is 28.9 Å². The zero-order valence-electron chi connectivity index (χ0n) is 12.9. The Morgan fingerprint density at radius 2 is 1.77 bits per heavy atom. The molecule has 0 atom stereocenters. The lowest BCUT2D eigenvalue weighted by molar-refractivity contribution is 0.483. The molecule has 0 radical (unpaired) electrons. The van der Waals surface area contributed by atoms with E-state index in [-0.39, 0.29) is 21.5 Å². The van der Waals surface area contributed by atoms with Gasteiger partial charge in [0, 0.05) is 5.69 Å². The minimum absolute atomic E-state index is 0.0998. The van der Waals surface area contributed by atoms with Crippen molar-refractivity contribution in [3.63, 3.8) is 0 Å². The van der Waals surface area contributed by atoms with Crippen LogP contribution in [0.3, 0.4) is 0 Å². The van der Waals surface area contributed by atoms with Gasteiger partial charge in [-0.3, -0.25) is 9.78 Å². The average molecular weight is 390 g/mol. The summed E-state index contributed by atoms with van der Waals surface area (Å²) in [5, 5.41) is 12.8. The van der Waals surface area contributed by atoms with Crippen LogP contribution in [0, 0.1) is 11.3 Å². The van der Waals surface area contributed by atoms with E-state index >= 15 is 0 Å². The van der Waals surface area contributed by atoms with Crippen LogP contribution in [-0.2, 0) is 0 Å². The lowest BCUT2D eigenvalue weighted by Gasteiger charge is -2.12. The molecule has 0 spiro atoms. The number of anilines is 1. The van der Waals surface area contributed by atoms with E-state index in [1.165, 1.54) is 12.1 Å². The first-order valence-corrected chi connectivity index (χ1v) is 7.81. The van der Waals surface area contributed by atoms with Crippen LogP contribution in [0.5, 0.6) is 11.5 Å². The molecule has 0 saturated heterocycles. The molecule has 130 valence electrons. The molecule has 10 heteroatoms. The summed E-state index contributed by atoms with van der Waals surface area (Å²) in [5.41, 5.74) is 4.15. The number of ether oxygens (including phenoxy) is 1. The van der Waals surface area contributed by atoms with Gasteiger partial charge in [-0.2, -0.15) is 9.94 Å². The summed E-state index contributed by atoms with van der Waals surface area (Å²) in [6.45, 7) is 0. The summed E-state index contributed by atoms with van der Waals surface area (Å²) in [5.74, 6) is 0.627. The van der Waals surface area contributed by atoms with Gasteiger partial charge in [0.2, 0.25) is 5.69 Å². The van der Waals surface area contributed by atoms with E-state index < -0.39 is 16.9 Å². The molecule has 1 aromatic heterocycles. The standard InChI is InChI=1S/C16H9Cl2N5O3/c17-11-5-9(23-16(25)21-15(24)13(7-19)22-23)6-12(18)14(11)26-10-3-1-8(20)2-4-10/h1-6H,20H2,(H,21,24,25). The van der Waals surface area contributed by atoms with E-state index in [0.717, 1.165) is 4.68 Å². The molecule has 0 unspecified atom stereocenters. The topological polar surface area (TPSA) is 127 Å². The van der Waals surface area contributed by atoms with Gasteiger partial charge in [-0.15, -0.1) is 5.10 Å². The Labute approximate surface area is 156 Å². The number of hydrogen-bond donors (Lipinski definition) is 2. The van der Waals surface area contributed by atoms with E-state index in [4.69, 9.17) is 38.9 Å².